The van der Waals surface area contributed by atoms with Crippen LogP contribution in [0.3, 0.4) is 0 Å². The van der Waals surface area contributed by atoms with Gasteiger partial charge in [0.05, 0.1) is 14.2 Å². The molecule has 0 atom stereocenters. The smallest absolute Gasteiger partial charge is 0.255 e. The first kappa shape index (κ1) is 15.3. The summed E-state index contributed by atoms with van der Waals surface area (Å²) < 4.78 is 10.4. The number of nitrogens with one attached hydrogen (secondary N) is 1. The van der Waals surface area contributed by atoms with Gasteiger partial charge in [0.25, 0.3) is 5.91 Å². The summed E-state index contributed by atoms with van der Waals surface area (Å²) in [5, 5.41) is 2.84. The van der Waals surface area contributed by atoms with E-state index >= 15 is 0 Å². The Morgan fingerprint density at radius 2 is 1.67 bits per heavy atom. The molecule has 0 heterocycles. The van der Waals surface area contributed by atoms with Crippen LogP contribution in [0.1, 0.15) is 10.4 Å². The van der Waals surface area contributed by atoms with E-state index in [9.17, 15) is 4.79 Å². The van der Waals surface area contributed by atoms with E-state index in [2.05, 4.69) is 5.32 Å². The summed E-state index contributed by atoms with van der Waals surface area (Å²) in [7, 11) is 3.13. The third-order valence-corrected chi connectivity index (χ3v) is 3.74. The van der Waals surface area contributed by atoms with Crippen LogP contribution in [0.15, 0.2) is 47.4 Å². The number of hydrogen-bond donors (Lipinski definition) is 1. The van der Waals surface area contributed by atoms with Crippen LogP contribution in [0.5, 0.6) is 11.5 Å². The summed E-state index contributed by atoms with van der Waals surface area (Å²) >= 11 is 1.64. The monoisotopic (exact) mass is 303 g/mol. The summed E-state index contributed by atoms with van der Waals surface area (Å²) in [5.41, 5.74) is 1.27. The number of methoxy groups -OCH3 is 2. The van der Waals surface area contributed by atoms with Gasteiger partial charge >= 0.3 is 0 Å². The van der Waals surface area contributed by atoms with Crippen molar-refractivity contribution in [2.45, 2.75) is 4.90 Å². The van der Waals surface area contributed by atoms with E-state index in [1.54, 1.807) is 44.2 Å². The molecule has 0 aliphatic carbocycles. The van der Waals surface area contributed by atoms with Crippen LogP contribution in [-0.2, 0) is 0 Å². The first-order valence-corrected chi connectivity index (χ1v) is 7.58. The third-order valence-electron chi connectivity index (χ3n) is 2.99. The molecule has 1 amide bonds. The highest BCUT2D eigenvalue weighted by molar-refractivity contribution is 7.98. The number of ether oxygens (including phenoxy) is 2. The maximum Gasteiger partial charge on any atom is 0.255 e. The highest BCUT2D eigenvalue weighted by Gasteiger charge is 2.09. The molecule has 0 bridgehead atoms. The molecule has 0 saturated carbocycles. The molecule has 0 radical (unpaired) electrons. The second-order valence-electron chi connectivity index (χ2n) is 4.25. The van der Waals surface area contributed by atoms with E-state index < -0.39 is 0 Å². The van der Waals surface area contributed by atoms with Crippen molar-refractivity contribution in [3.05, 3.63) is 48.0 Å². The van der Waals surface area contributed by atoms with Crippen molar-refractivity contribution in [3.63, 3.8) is 0 Å². The minimum Gasteiger partial charge on any atom is -0.493 e. The average Bonchev–Trinajstić information content (AvgIpc) is 2.54. The van der Waals surface area contributed by atoms with Gasteiger partial charge < -0.3 is 14.8 Å². The molecule has 0 aromatic heterocycles. The number of amides is 1. The van der Waals surface area contributed by atoms with Gasteiger partial charge in [0, 0.05) is 22.2 Å². The molecule has 0 aliphatic rings. The minimum absolute atomic E-state index is 0.158. The van der Waals surface area contributed by atoms with Gasteiger partial charge in [0.1, 0.15) is 0 Å². The normalized spacial score (nSPS) is 10.0. The molecule has 2 aromatic carbocycles. The quantitative estimate of drug-likeness (QED) is 0.856. The number of anilines is 1. The number of benzene rings is 2. The van der Waals surface area contributed by atoms with Gasteiger partial charge in [-0.2, -0.15) is 0 Å². The summed E-state index contributed by atoms with van der Waals surface area (Å²) in [6, 6.07) is 12.7. The fraction of sp³-hybridized carbons (Fsp3) is 0.188. The van der Waals surface area contributed by atoms with Crippen LogP contribution in [0.4, 0.5) is 5.69 Å². The van der Waals surface area contributed by atoms with Gasteiger partial charge in [-0.1, -0.05) is 0 Å². The van der Waals surface area contributed by atoms with E-state index in [1.807, 2.05) is 30.5 Å². The van der Waals surface area contributed by atoms with E-state index in [-0.39, 0.29) is 5.91 Å². The Hall–Kier alpha value is -2.14. The molecular weight excluding hydrogens is 286 g/mol. The molecule has 0 saturated heterocycles. The SMILES string of the molecule is COc1ccc(NC(=O)c2ccc(SC)cc2)cc1OC. The van der Waals surface area contributed by atoms with Crippen molar-refractivity contribution in [3.8, 4) is 11.5 Å². The Bertz CT molecular complexity index is 626. The van der Waals surface area contributed by atoms with Crippen molar-refractivity contribution in [2.24, 2.45) is 0 Å². The molecule has 4 nitrogen and oxygen atoms in total. The van der Waals surface area contributed by atoms with Gasteiger partial charge in [0.2, 0.25) is 0 Å². The molecule has 0 aliphatic heterocycles. The van der Waals surface area contributed by atoms with Gasteiger partial charge in [-0.25, -0.2) is 0 Å². The van der Waals surface area contributed by atoms with E-state index in [4.69, 9.17) is 9.47 Å². The maximum absolute atomic E-state index is 12.2. The molecule has 1 N–H and O–H groups in total. The fourth-order valence-electron chi connectivity index (χ4n) is 1.86. The van der Waals surface area contributed by atoms with Crippen molar-refractivity contribution >= 4 is 23.4 Å². The molecule has 110 valence electrons. The number of hydrogen-bond acceptors (Lipinski definition) is 4. The van der Waals surface area contributed by atoms with Crippen LogP contribution in [0, 0.1) is 0 Å². The minimum atomic E-state index is -0.158. The van der Waals surface area contributed by atoms with Gasteiger partial charge in [-0.3, -0.25) is 4.79 Å². The number of carbonyl (C=O) groups excluding carboxylic acids is 1. The largest absolute Gasteiger partial charge is 0.493 e. The second-order valence-corrected chi connectivity index (χ2v) is 5.13. The predicted molar refractivity (Wildman–Crippen MR) is 85.7 cm³/mol. The number of rotatable bonds is 5. The summed E-state index contributed by atoms with van der Waals surface area (Å²) in [5.74, 6) is 1.04. The number of carbonyl (C=O) groups is 1. The summed E-state index contributed by atoms with van der Waals surface area (Å²) in [6.45, 7) is 0. The predicted octanol–water partition coefficient (Wildman–Crippen LogP) is 3.68. The zero-order valence-electron chi connectivity index (χ0n) is 12.2. The molecule has 0 spiro atoms. The van der Waals surface area contributed by atoms with Crippen LogP contribution in [0.25, 0.3) is 0 Å². The van der Waals surface area contributed by atoms with Crippen LogP contribution < -0.4 is 14.8 Å². The highest BCUT2D eigenvalue weighted by Crippen LogP contribution is 2.29. The molecule has 21 heavy (non-hydrogen) atoms. The third kappa shape index (κ3) is 3.70. The molecule has 5 heteroatoms. The van der Waals surface area contributed by atoms with Crippen LogP contribution in [0.2, 0.25) is 0 Å². The molecule has 2 aromatic rings. The summed E-state index contributed by atoms with van der Waals surface area (Å²) in [6.07, 6.45) is 2.00. The second kappa shape index (κ2) is 7.04. The Balaban J connectivity index is 2.14. The Kier molecular flexibility index (Phi) is 5.11. The van der Waals surface area contributed by atoms with E-state index in [0.29, 0.717) is 22.7 Å². The summed E-state index contributed by atoms with van der Waals surface area (Å²) in [4.78, 5) is 13.3. The first-order valence-electron chi connectivity index (χ1n) is 6.35. The molecule has 2 rings (SSSR count). The van der Waals surface area contributed by atoms with Crippen molar-refractivity contribution in [1.82, 2.24) is 0 Å². The Labute approximate surface area is 128 Å². The standard InChI is InChI=1S/C16H17NO3S/c1-19-14-9-6-12(10-15(14)20-2)17-16(18)11-4-7-13(21-3)8-5-11/h4-10H,1-3H3,(H,17,18). The lowest BCUT2D eigenvalue weighted by atomic mass is 10.2. The Morgan fingerprint density at radius 3 is 2.24 bits per heavy atom. The van der Waals surface area contributed by atoms with E-state index in [1.165, 1.54) is 0 Å². The first-order chi connectivity index (χ1) is 10.2. The van der Waals surface area contributed by atoms with Crippen molar-refractivity contribution in [2.75, 3.05) is 25.8 Å². The highest BCUT2D eigenvalue weighted by atomic mass is 32.2. The van der Waals surface area contributed by atoms with Gasteiger partial charge in [-0.15, -0.1) is 11.8 Å². The molecule has 0 unspecified atom stereocenters. The topological polar surface area (TPSA) is 47.6 Å². The Morgan fingerprint density at radius 1 is 1.00 bits per heavy atom. The molecular formula is C16H17NO3S. The zero-order valence-corrected chi connectivity index (χ0v) is 13.0. The van der Waals surface area contributed by atoms with Gasteiger partial charge in [-0.05, 0) is 42.7 Å². The fourth-order valence-corrected chi connectivity index (χ4v) is 2.27. The van der Waals surface area contributed by atoms with Crippen molar-refractivity contribution < 1.29 is 14.3 Å². The van der Waals surface area contributed by atoms with Crippen LogP contribution in [-0.4, -0.2) is 26.4 Å². The number of thioether (sulfide) groups is 1. The van der Waals surface area contributed by atoms with E-state index in [0.717, 1.165) is 4.90 Å². The zero-order chi connectivity index (χ0) is 15.2. The lowest BCUT2D eigenvalue weighted by molar-refractivity contribution is 0.102. The van der Waals surface area contributed by atoms with Gasteiger partial charge in [0.15, 0.2) is 11.5 Å². The lowest BCUT2D eigenvalue weighted by Gasteiger charge is -2.10. The van der Waals surface area contributed by atoms with Crippen molar-refractivity contribution in [1.29, 1.82) is 0 Å². The average molecular weight is 303 g/mol. The lowest BCUT2D eigenvalue weighted by Crippen LogP contribution is -2.11. The van der Waals surface area contributed by atoms with Crippen LogP contribution >= 0.6 is 11.8 Å². The molecule has 0 fully saturated rings. The maximum atomic E-state index is 12.2.